The smallest absolute Gasteiger partial charge is 0.335 e. The average Bonchev–Trinajstić information content (AvgIpc) is 2.83. The third-order valence-corrected chi connectivity index (χ3v) is 4.78. The zero-order valence-electron chi connectivity index (χ0n) is 10.0. The lowest BCUT2D eigenvalue weighted by atomic mass is 10.2. The summed E-state index contributed by atoms with van der Waals surface area (Å²) in [4.78, 5) is 15.6. The Kier molecular flexibility index (Phi) is 3.42. The number of carboxylic acid groups (broad SMARTS) is 1. The van der Waals surface area contributed by atoms with E-state index in [2.05, 4.69) is 4.98 Å². The monoisotopic (exact) mass is 305 g/mol. The highest BCUT2D eigenvalue weighted by Crippen LogP contribution is 2.35. The number of benzene rings is 2. The molecule has 0 saturated carbocycles. The first-order chi connectivity index (χ1) is 9.63. The van der Waals surface area contributed by atoms with Gasteiger partial charge in [-0.25, -0.2) is 14.2 Å². The quantitative estimate of drug-likeness (QED) is 0.784. The van der Waals surface area contributed by atoms with Gasteiger partial charge in [-0.1, -0.05) is 23.9 Å². The molecule has 0 amide bonds. The van der Waals surface area contributed by atoms with E-state index in [1.807, 2.05) is 24.3 Å². The molecule has 20 heavy (non-hydrogen) atoms. The maximum absolute atomic E-state index is 13.7. The molecule has 1 heterocycles. The maximum Gasteiger partial charge on any atom is 0.335 e. The highest BCUT2D eigenvalue weighted by atomic mass is 32.2. The minimum absolute atomic E-state index is 0.0648. The molecule has 0 spiro atoms. The van der Waals surface area contributed by atoms with Crippen LogP contribution in [0.5, 0.6) is 0 Å². The van der Waals surface area contributed by atoms with Crippen LogP contribution in [0.15, 0.2) is 51.7 Å². The number of carboxylic acids is 1. The molecule has 2 aromatic carbocycles. The molecule has 0 saturated heterocycles. The van der Waals surface area contributed by atoms with Crippen LogP contribution in [0.1, 0.15) is 10.4 Å². The Morgan fingerprint density at radius 3 is 2.80 bits per heavy atom. The van der Waals surface area contributed by atoms with Gasteiger partial charge < -0.3 is 5.11 Å². The minimum atomic E-state index is -1.07. The summed E-state index contributed by atoms with van der Waals surface area (Å²) in [6.07, 6.45) is 0. The van der Waals surface area contributed by atoms with Gasteiger partial charge in [0.15, 0.2) is 4.34 Å². The van der Waals surface area contributed by atoms with Crippen molar-refractivity contribution in [2.75, 3.05) is 0 Å². The number of halogens is 1. The molecule has 100 valence electrons. The third-order valence-electron chi connectivity index (χ3n) is 2.65. The molecule has 1 aromatic heterocycles. The van der Waals surface area contributed by atoms with E-state index in [-0.39, 0.29) is 10.5 Å². The van der Waals surface area contributed by atoms with Gasteiger partial charge in [-0.15, -0.1) is 11.3 Å². The maximum atomic E-state index is 13.7. The lowest BCUT2D eigenvalue weighted by Gasteiger charge is -2.01. The second kappa shape index (κ2) is 5.22. The van der Waals surface area contributed by atoms with Gasteiger partial charge in [0.25, 0.3) is 0 Å². The molecular weight excluding hydrogens is 297 g/mol. The van der Waals surface area contributed by atoms with Crippen LogP contribution in [0.2, 0.25) is 0 Å². The van der Waals surface area contributed by atoms with E-state index in [0.717, 1.165) is 22.0 Å². The van der Waals surface area contributed by atoms with Crippen molar-refractivity contribution in [3.8, 4) is 0 Å². The van der Waals surface area contributed by atoms with Crippen molar-refractivity contribution in [3.63, 3.8) is 0 Å². The van der Waals surface area contributed by atoms with Crippen molar-refractivity contribution in [2.45, 2.75) is 9.24 Å². The highest BCUT2D eigenvalue weighted by Gasteiger charge is 2.12. The summed E-state index contributed by atoms with van der Waals surface area (Å²) in [6, 6.07) is 11.4. The number of aromatic carboxylic acids is 1. The Hall–Kier alpha value is -1.92. The van der Waals surface area contributed by atoms with Crippen molar-refractivity contribution in [2.24, 2.45) is 0 Å². The second-order valence-electron chi connectivity index (χ2n) is 4.00. The first kappa shape index (κ1) is 13.1. The number of nitrogens with zero attached hydrogens (tertiary/aromatic N) is 1. The van der Waals surface area contributed by atoms with E-state index in [9.17, 15) is 9.18 Å². The summed E-state index contributed by atoms with van der Waals surface area (Å²) in [5.41, 5.74) is 0.921. The molecule has 0 aliphatic carbocycles. The summed E-state index contributed by atoms with van der Waals surface area (Å²) < 4.78 is 15.4. The Bertz CT molecular complexity index is 768. The molecule has 3 nitrogen and oxygen atoms in total. The normalized spacial score (nSPS) is 10.8. The molecule has 0 bridgehead atoms. The Labute approximate surface area is 122 Å². The van der Waals surface area contributed by atoms with Crippen LogP contribution in [0.3, 0.4) is 0 Å². The van der Waals surface area contributed by atoms with E-state index in [1.165, 1.54) is 29.5 Å². The number of para-hydroxylation sites is 1. The predicted octanol–water partition coefficient (Wildman–Crippen LogP) is 4.28. The fraction of sp³-hybridized carbons (Fsp3) is 0. The van der Waals surface area contributed by atoms with Gasteiger partial charge in [0, 0.05) is 0 Å². The average molecular weight is 305 g/mol. The number of carbonyl (C=O) groups is 1. The molecule has 3 aromatic rings. The SMILES string of the molecule is O=C(O)c1ccc(F)c(Sc2nc3ccccc3s2)c1. The van der Waals surface area contributed by atoms with Crippen molar-refractivity contribution >= 4 is 39.3 Å². The number of thiazole rings is 1. The van der Waals surface area contributed by atoms with Crippen LogP contribution in [0.4, 0.5) is 4.39 Å². The number of rotatable bonds is 3. The summed E-state index contributed by atoms with van der Waals surface area (Å²) in [6.45, 7) is 0. The number of fused-ring (bicyclic) bond motifs is 1. The van der Waals surface area contributed by atoms with E-state index in [1.54, 1.807) is 0 Å². The molecule has 1 N–H and O–H groups in total. The molecule has 0 atom stereocenters. The topological polar surface area (TPSA) is 50.2 Å². The molecule has 0 radical (unpaired) electrons. The van der Waals surface area contributed by atoms with Crippen LogP contribution in [0.25, 0.3) is 10.2 Å². The molecule has 0 unspecified atom stereocenters. The van der Waals surface area contributed by atoms with E-state index in [0.29, 0.717) is 4.34 Å². The molecule has 0 aliphatic heterocycles. The fourth-order valence-electron chi connectivity index (χ4n) is 1.70. The lowest BCUT2D eigenvalue weighted by molar-refractivity contribution is 0.0696. The standard InChI is InChI=1S/C14H8FNO2S2/c15-9-6-5-8(13(17)18)7-12(9)20-14-16-10-3-1-2-4-11(10)19-14/h1-7H,(H,17,18). The van der Waals surface area contributed by atoms with E-state index >= 15 is 0 Å². The van der Waals surface area contributed by atoms with Crippen LogP contribution in [-0.2, 0) is 0 Å². The zero-order chi connectivity index (χ0) is 14.1. The first-order valence-electron chi connectivity index (χ1n) is 5.70. The molecular formula is C14H8FNO2S2. The van der Waals surface area contributed by atoms with Crippen LogP contribution < -0.4 is 0 Å². The largest absolute Gasteiger partial charge is 0.478 e. The molecule has 0 fully saturated rings. The molecule has 6 heteroatoms. The summed E-state index contributed by atoms with van der Waals surface area (Å²) >= 11 is 2.59. The number of hydrogen-bond donors (Lipinski definition) is 1. The van der Waals surface area contributed by atoms with Gasteiger partial charge in [0.1, 0.15) is 5.82 Å². The second-order valence-corrected chi connectivity index (χ2v) is 6.32. The first-order valence-corrected chi connectivity index (χ1v) is 7.33. The summed E-state index contributed by atoms with van der Waals surface area (Å²) in [7, 11) is 0. The van der Waals surface area contributed by atoms with Gasteiger partial charge in [-0.2, -0.15) is 0 Å². The molecule has 0 aliphatic rings. The van der Waals surface area contributed by atoms with Gasteiger partial charge in [0.05, 0.1) is 20.7 Å². The van der Waals surface area contributed by atoms with Gasteiger partial charge in [-0.3, -0.25) is 0 Å². The van der Waals surface area contributed by atoms with Crippen molar-refractivity contribution < 1.29 is 14.3 Å². The van der Waals surface area contributed by atoms with E-state index in [4.69, 9.17) is 5.11 Å². The molecule has 3 rings (SSSR count). The van der Waals surface area contributed by atoms with E-state index < -0.39 is 11.8 Å². The fourth-order valence-corrected chi connectivity index (χ4v) is 3.79. The van der Waals surface area contributed by atoms with Gasteiger partial charge >= 0.3 is 5.97 Å². The number of hydrogen-bond acceptors (Lipinski definition) is 4. The Morgan fingerprint density at radius 1 is 1.25 bits per heavy atom. The van der Waals surface area contributed by atoms with Gasteiger partial charge in [0.2, 0.25) is 0 Å². The minimum Gasteiger partial charge on any atom is -0.478 e. The van der Waals surface area contributed by atoms with Crippen LogP contribution in [-0.4, -0.2) is 16.1 Å². The predicted molar refractivity (Wildman–Crippen MR) is 77.1 cm³/mol. The van der Waals surface area contributed by atoms with Crippen molar-refractivity contribution in [1.82, 2.24) is 4.98 Å². The lowest BCUT2D eigenvalue weighted by Crippen LogP contribution is -1.96. The number of aromatic nitrogens is 1. The highest BCUT2D eigenvalue weighted by molar-refractivity contribution is 8.01. The zero-order valence-corrected chi connectivity index (χ0v) is 11.7. The summed E-state index contributed by atoms with van der Waals surface area (Å²) in [5.74, 6) is -1.52. The Balaban J connectivity index is 1.97. The summed E-state index contributed by atoms with van der Waals surface area (Å²) in [5, 5.41) is 8.94. The van der Waals surface area contributed by atoms with Crippen LogP contribution in [0, 0.1) is 5.82 Å². The Morgan fingerprint density at radius 2 is 2.05 bits per heavy atom. The van der Waals surface area contributed by atoms with Crippen molar-refractivity contribution in [1.29, 1.82) is 0 Å². The van der Waals surface area contributed by atoms with Gasteiger partial charge in [-0.05, 0) is 30.3 Å². The third kappa shape index (κ3) is 2.52. The van der Waals surface area contributed by atoms with Crippen molar-refractivity contribution in [3.05, 3.63) is 53.8 Å². The van der Waals surface area contributed by atoms with Crippen LogP contribution >= 0.6 is 23.1 Å².